The molecule has 0 amide bonds. The molecule has 79 heavy (non-hydrogen) atoms. The van der Waals surface area contributed by atoms with Gasteiger partial charge in [-0.1, -0.05) is 263 Å². The first-order valence-corrected chi connectivity index (χ1v) is 32.9. The van der Waals surface area contributed by atoms with Gasteiger partial charge in [-0.2, -0.15) is 0 Å². The highest BCUT2D eigenvalue weighted by molar-refractivity contribution is 7.45. The number of allylic oxidation sites excluding steroid dienone is 22. The van der Waals surface area contributed by atoms with Crippen molar-refractivity contribution in [3.63, 3.8) is 0 Å². The summed E-state index contributed by atoms with van der Waals surface area (Å²) >= 11 is 0. The van der Waals surface area contributed by atoms with Crippen LogP contribution in [0.4, 0.5) is 0 Å². The molecule has 0 spiro atoms. The minimum Gasteiger partial charge on any atom is -0.756 e. The molecule has 0 saturated heterocycles. The molecule has 0 bridgehead atoms. The second-order valence-corrected chi connectivity index (χ2v) is 23.1. The number of esters is 2. The van der Waals surface area contributed by atoms with E-state index in [1.807, 2.05) is 21.1 Å². The van der Waals surface area contributed by atoms with Gasteiger partial charge in [0.05, 0.1) is 27.7 Å². The molecule has 0 aromatic rings. The number of ether oxygens (including phenoxy) is 2. The summed E-state index contributed by atoms with van der Waals surface area (Å²) in [5, 5.41) is 0. The Balaban J connectivity index is 4.23. The lowest BCUT2D eigenvalue weighted by molar-refractivity contribution is -0.870. The van der Waals surface area contributed by atoms with Crippen LogP contribution in [0.1, 0.15) is 239 Å². The summed E-state index contributed by atoms with van der Waals surface area (Å²) in [6, 6.07) is 0. The third-order valence-electron chi connectivity index (χ3n) is 12.9. The van der Waals surface area contributed by atoms with Crippen LogP contribution < -0.4 is 4.89 Å². The van der Waals surface area contributed by atoms with Crippen LogP contribution in [-0.2, 0) is 32.7 Å². The number of nitrogens with zero attached hydrogens (tertiary/aromatic N) is 1. The van der Waals surface area contributed by atoms with E-state index < -0.39 is 32.5 Å². The average molecular weight is 1120 g/mol. The lowest BCUT2D eigenvalue weighted by Gasteiger charge is -2.28. The Hall–Kier alpha value is -3.85. The fourth-order valence-electron chi connectivity index (χ4n) is 8.13. The molecule has 0 aliphatic carbocycles. The van der Waals surface area contributed by atoms with E-state index in [9.17, 15) is 19.0 Å². The first-order chi connectivity index (χ1) is 38.5. The van der Waals surface area contributed by atoms with Crippen LogP contribution in [0, 0.1) is 0 Å². The zero-order valence-corrected chi connectivity index (χ0v) is 51.9. The third kappa shape index (κ3) is 63.2. The van der Waals surface area contributed by atoms with Crippen molar-refractivity contribution in [1.82, 2.24) is 0 Å². The molecule has 2 unspecified atom stereocenters. The molecule has 0 aromatic heterocycles. The highest BCUT2D eigenvalue weighted by atomic mass is 31.2. The number of hydrogen-bond acceptors (Lipinski definition) is 8. The highest BCUT2D eigenvalue weighted by Crippen LogP contribution is 2.38. The summed E-state index contributed by atoms with van der Waals surface area (Å²) in [6.45, 7) is 4.09. The molecule has 0 aliphatic rings. The number of carbonyl (C=O) groups is 2. The van der Waals surface area contributed by atoms with E-state index in [0.29, 0.717) is 17.4 Å². The number of phosphoric ester groups is 1. The molecule has 0 fully saturated rings. The molecule has 450 valence electrons. The minimum absolute atomic E-state index is 0.0432. The quantitative estimate of drug-likeness (QED) is 0.0195. The maximum atomic E-state index is 12.8. The topological polar surface area (TPSA) is 111 Å². The van der Waals surface area contributed by atoms with Gasteiger partial charge in [-0.25, -0.2) is 0 Å². The van der Waals surface area contributed by atoms with Crippen molar-refractivity contribution in [2.45, 2.75) is 245 Å². The first-order valence-electron chi connectivity index (χ1n) is 31.4. The second kappa shape index (κ2) is 58.8. The van der Waals surface area contributed by atoms with Crippen LogP contribution in [0.15, 0.2) is 134 Å². The van der Waals surface area contributed by atoms with Crippen LogP contribution >= 0.6 is 7.82 Å². The lowest BCUT2D eigenvalue weighted by atomic mass is 10.0. The molecule has 0 N–H and O–H groups in total. The average Bonchev–Trinajstić information content (AvgIpc) is 3.41. The van der Waals surface area contributed by atoms with E-state index in [0.717, 1.165) is 109 Å². The Morgan fingerprint density at radius 2 is 0.722 bits per heavy atom. The molecule has 0 saturated carbocycles. The van der Waals surface area contributed by atoms with Gasteiger partial charge in [0.1, 0.15) is 19.8 Å². The number of unbranched alkanes of at least 4 members (excludes halogenated alkanes) is 20. The molecule has 9 nitrogen and oxygen atoms in total. The summed E-state index contributed by atoms with van der Waals surface area (Å²) < 4.78 is 34.1. The van der Waals surface area contributed by atoms with Crippen molar-refractivity contribution in [1.29, 1.82) is 0 Å². The van der Waals surface area contributed by atoms with Gasteiger partial charge in [-0.15, -0.1) is 0 Å². The van der Waals surface area contributed by atoms with Crippen molar-refractivity contribution >= 4 is 19.8 Å². The standard InChI is InChI=1S/C69H116NO8P/c1-6-8-10-12-14-16-18-20-22-24-26-27-28-29-30-31-32-33-34-35-36-37-38-39-40-41-42-43-44-46-48-50-52-54-56-58-60-62-69(72)78-67(66-77-79(73,74)76-64-63-70(3,4)5)65-75-68(71)61-59-57-55-53-51-49-47-45-25-23-21-19-17-15-13-11-9-7-2/h8,10,14,16,20,22,26-27,29-30,32-33,35-36,38-39,41-42,44,46,50,52,67H,6-7,9,11-13,15,17-19,21,23-25,28,31,34,37,40,43,45,47-49,51,53-66H2,1-5H3/b10-8-,16-14-,22-20-,27-26-,30-29-,33-32-,36-35-,39-38-,42-41-,46-44-,52-50-. The highest BCUT2D eigenvalue weighted by Gasteiger charge is 2.22. The SMILES string of the molecule is CC/C=C\C/C=C\C/C=C\C/C=C\C/C=C\C/C=C\C/C=C\C/C=C\C/C=C\C/C=C\C/C=C\CCCCCC(=O)OC(COC(=O)CCCCCCCCCCCCCCCCCCCC)COP(=O)([O-])OCC[N+](C)(C)C. The lowest BCUT2D eigenvalue weighted by Crippen LogP contribution is -2.37. The first kappa shape index (κ1) is 75.2. The molecular weight excluding hydrogens is 1000 g/mol. The summed E-state index contributed by atoms with van der Waals surface area (Å²) in [6.07, 6.45) is 85.1. The predicted octanol–water partition coefficient (Wildman–Crippen LogP) is 19.5. The van der Waals surface area contributed by atoms with Gasteiger partial charge in [0.15, 0.2) is 6.10 Å². The number of phosphoric acid groups is 1. The molecule has 0 aromatic carbocycles. The van der Waals surface area contributed by atoms with Crippen LogP contribution in [-0.4, -0.2) is 70.0 Å². The maximum Gasteiger partial charge on any atom is 0.306 e. The number of rotatable bonds is 56. The van der Waals surface area contributed by atoms with Crippen molar-refractivity contribution in [3.8, 4) is 0 Å². The predicted molar refractivity (Wildman–Crippen MR) is 337 cm³/mol. The molecule has 0 heterocycles. The number of quaternary nitrogens is 1. The number of hydrogen-bond donors (Lipinski definition) is 0. The molecule has 2 atom stereocenters. The fraction of sp³-hybridized carbons (Fsp3) is 0.652. The van der Waals surface area contributed by atoms with Crippen LogP contribution in [0.2, 0.25) is 0 Å². The molecule has 10 heteroatoms. The van der Waals surface area contributed by atoms with Gasteiger partial charge >= 0.3 is 11.9 Å². The smallest absolute Gasteiger partial charge is 0.306 e. The van der Waals surface area contributed by atoms with Crippen LogP contribution in [0.5, 0.6) is 0 Å². The summed E-state index contributed by atoms with van der Waals surface area (Å²) in [4.78, 5) is 37.9. The van der Waals surface area contributed by atoms with E-state index in [4.69, 9.17) is 18.5 Å². The number of likely N-dealkylation sites (N-methyl/N-ethyl adjacent to an activating group) is 1. The molecular formula is C69H116NO8P. The third-order valence-corrected chi connectivity index (χ3v) is 13.9. The van der Waals surface area contributed by atoms with Gasteiger partial charge in [-0.05, 0) is 96.3 Å². The monoisotopic (exact) mass is 1120 g/mol. The van der Waals surface area contributed by atoms with Gasteiger partial charge in [0.2, 0.25) is 0 Å². The summed E-state index contributed by atoms with van der Waals surface area (Å²) in [7, 11) is 1.13. The van der Waals surface area contributed by atoms with Crippen LogP contribution in [0.25, 0.3) is 0 Å². The van der Waals surface area contributed by atoms with E-state index in [-0.39, 0.29) is 26.1 Å². The normalized spacial score (nSPS) is 14.2. The van der Waals surface area contributed by atoms with E-state index in [1.54, 1.807) is 0 Å². The van der Waals surface area contributed by atoms with Gasteiger partial charge in [-0.3, -0.25) is 14.2 Å². The summed E-state index contributed by atoms with van der Waals surface area (Å²) in [5.41, 5.74) is 0. The van der Waals surface area contributed by atoms with E-state index in [1.165, 1.54) is 96.3 Å². The zero-order chi connectivity index (χ0) is 57.7. The molecule has 0 aliphatic heterocycles. The Morgan fingerprint density at radius 1 is 0.405 bits per heavy atom. The largest absolute Gasteiger partial charge is 0.756 e. The van der Waals surface area contributed by atoms with E-state index >= 15 is 0 Å². The zero-order valence-electron chi connectivity index (χ0n) is 51.0. The molecule has 0 radical (unpaired) electrons. The van der Waals surface area contributed by atoms with E-state index in [2.05, 4.69) is 148 Å². The Morgan fingerprint density at radius 3 is 1.08 bits per heavy atom. The maximum absolute atomic E-state index is 12.8. The van der Waals surface area contributed by atoms with Crippen molar-refractivity contribution in [2.24, 2.45) is 0 Å². The van der Waals surface area contributed by atoms with Gasteiger partial charge in [0.25, 0.3) is 7.82 Å². The Bertz CT molecular complexity index is 1790. The van der Waals surface area contributed by atoms with Gasteiger partial charge in [0, 0.05) is 12.8 Å². The Labute approximate surface area is 485 Å². The van der Waals surface area contributed by atoms with Crippen molar-refractivity contribution in [3.05, 3.63) is 134 Å². The molecule has 0 rings (SSSR count). The van der Waals surface area contributed by atoms with Gasteiger partial charge < -0.3 is 27.9 Å². The second-order valence-electron chi connectivity index (χ2n) is 21.7. The van der Waals surface area contributed by atoms with Crippen molar-refractivity contribution in [2.75, 3.05) is 47.5 Å². The number of carbonyl (C=O) groups excluding carboxylic acids is 2. The fourth-order valence-corrected chi connectivity index (χ4v) is 8.86. The minimum atomic E-state index is -4.65. The van der Waals surface area contributed by atoms with Crippen molar-refractivity contribution < 1.29 is 42.1 Å². The summed E-state index contributed by atoms with van der Waals surface area (Å²) in [5.74, 6) is -0.874. The van der Waals surface area contributed by atoms with Crippen LogP contribution in [0.3, 0.4) is 0 Å². The Kier molecular flexibility index (Phi) is 55.9.